The Morgan fingerprint density at radius 1 is 1.25 bits per heavy atom. The smallest absolute Gasteiger partial charge is 1.00 e. The first-order chi connectivity index (χ1) is 6.55. The van der Waals surface area contributed by atoms with Crippen LogP contribution < -0.4 is 23.2 Å². The van der Waals surface area contributed by atoms with Gasteiger partial charge in [0.15, 0.2) is 0 Å². The number of carbonyl (C=O) groups is 1. The molecule has 3 N–H and O–H groups in total. The molecule has 16 heavy (non-hydrogen) atoms. The van der Waals surface area contributed by atoms with E-state index in [1.807, 2.05) is 0 Å². The van der Waals surface area contributed by atoms with Crippen LogP contribution >= 0.6 is 0 Å². The molecule has 0 aromatic carbocycles. The molecule has 92 valence electrons. The normalized spacial score (nSPS) is 9.06. The summed E-state index contributed by atoms with van der Waals surface area (Å²) in [5.74, 6) is -1.43. The van der Waals surface area contributed by atoms with E-state index in [4.69, 9.17) is 24.8 Å². The molecule has 0 rings (SSSR count). The molecule has 0 spiro atoms. The predicted octanol–water partition coefficient (Wildman–Crippen LogP) is -5.67. The molecule has 0 heterocycles. The number of nitrogens with two attached hydrogens (primary N) is 1. The van der Waals surface area contributed by atoms with Crippen LogP contribution in [-0.4, -0.2) is 23.2 Å². The quantitative estimate of drug-likeness (QED) is 0.293. The van der Waals surface area contributed by atoms with Gasteiger partial charge in [0, 0.05) is 0 Å². The Labute approximate surface area is 112 Å². The minimum Gasteiger partial charge on any atom is -1.00 e. The second-order valence-electron chi connectivity index (χ2n) is 1.59. The largest absolute Gasteiger partial charge is 2.00 e. The second-order valence-corrected chi connectivity index (χ2v) is 1.59. The van der Waals surface area contributed by atoms with Crippen LogP contribution in [0.25, 0.3) is 0 Å². The Kier molecular flexibility index (Phi) is 82.5. The molecular formula is C7H8ClNO6Ru. The number of carboxylic acid groups (broad SMARTS) is 1. The average Bonchev–Trinajstić information content (AvgIpc) is 2.25. The van der Waals surface area contributed by atoms with Crippen molar-refractivity contribution in [3.8, 4) is 0 Å². The van der Waals surface area contributed by atoms with Gasteiger partial charge in [-0.25, -0.2) is 0 Å². The van der Waals surface area contributed by atoms with Crippen LogP contribution in [0.1, 0.15) is 6.92 Å². The number of aliphatic carboxylic acids is 1. The third-order valence-electron chi connectivity index (χ3n) is 0.792. The van der Waals surface area contributed by atoms with Crippen LogP contribution in [0.4, 0.5) is 0 Å². The van der Waals surface area contributed by atoms with Gasteiger partial charge < -0.3 is 33.1 Å². The van der Waals surface area contributed by atoms with Gasteiger partial charge in [-0.3, -0.25) is 0 Å². The molecule has 2 atom stereocenters. The summed E-state index contributed by atoms with van der Waals surface area (Å²) in [5.41, 5.74) is 4.85. The van der Waals surface area contributed by atoms with E-state index in [1.54, 1.807) is 0 Å². The first-order valence-corrected chi connectivity index (χ1v) is 2.81. The molecule has 0 radical (unpaired) electrons. The molecule has 2 unspecified atom stereocenters. The molecule has 9 heteroatoms. The van der Waals surface area contributed by atoms with E-state index in [2.05, 4.69) is 20.0 Å². The summed E-state index contributed by atoms with van der Waals surface area (Å²) in [6.45, 7) is 14.8. The SMILES string of the molecule is CC(O)C(N)C(=O)[O-].[C-]#[O+].[C-]#[O+].[C-]#[O+].[Cl-].[Ru+2]. The number of carboxylic acids is 1. The van der Waals surface area contributed by atoms with Crippen molar-refractivity contribution >= 4 is 5.97 Å². The monoisotopic (exact) mass is 339 g/mol. The van der Waals surface area contributed by atoms with E-state index in [-0.39, 0.29) is 31.9 Å². The number of hydrogen-bond acceptors (Lipinski definition) is 4. The van der Waals surface area contributed by atoms with Crippen molar-refractivity contribution in [2.75, 3.05) is 0 Å². The van der Waals surface area contributed by atoms with Gasteiger partial charge in [0.1, 0.15) is 0 Å². The zero-order chi connectivity index (χ0) is 12.7. The molecular weight excluding hydrogens is 331 g/mol. The van der Waals surface area contributed by atoms with Crippen molar-refractivity contribution in [1.29, 1.82) is 0 Å². The minimum absolute atomic E-state index is 0. The van der Waals surface area contributed by atoms with Crippen molar-refractivity contribution in [1.82, 2.24) is 0 Å². The molecule has 0 aliphatic carbocycles. The summed E-state index contributed by atoms with van der Waals surface area (Å²) < 4.78 is 22.5. The Hall–Kier alpha value is -0.477. The fraction of sp³-hybridized carbons (Fsp3) is 0.429. The molecule has 0 bridgehead atoms. The summed E-state index contributed by atoms with van der Waals surface area (Å²) in [5, 5.41) is 18.2. The number of aliphatic hydroxyl groups is 1. The molecule has 0 aromatic rings. The topological polar surface area (TPSA) is 146 Å². The van der Waals surface area contributed by atoms with E-state index in [9.17, 15) is 9.90 Å². The van der Waals surface area contributed by atoms with Crippen LogP contribution in [0, 0.1) is 20.0 Å². The van der Waals surface area contributed by atoms with Gasteiger partial charge in [-0.2, -0.15) is 0 Å². The summed E-state index contributed by atoms with van der Waals surface area (Å²) in [7, 11) is 0. The van der Waals surface area contributed by atoms with Gasteiger partial charge in [-0.15, -0.1) is 0 Å². The van der Waals surface area contributed by atoms with Gasteiger partial charge in [-0.05, 0) is 6.92 Å². The minimum atomic E-state index is -1.43. The van der Waals surface area contributed by atoms with E-state index in [0.29, 0.717) is 0 Å². The van der Waals surface area contributed by atoms with Gasteiger partial charge in [0.2, 0.25) is 0 Å². The summed E-state index contributed by atoms with van der Waals surface area (Å²) >= 11 is 0. The Morgan fingerprint density at radius 2 is 1.44 bits per heavy atom. The van der Waals surface area contributed by atoms with E-state index >= 15 is 0 Å². The first-order valence-electron chi connectivity index (χ1n) is 2.81. The molecule has 7 nitrogen and oxygen atoms in total. The van der Waals surface area contributed by atoms with Crippen LogP contribution in [-0.2, 0) is 38.2 Å². The number of rotatable bonds is 2. The van der Waals surface area contributed by atoms with Gasteiger partial charge >= 0.3 is 53.4 Å². The molecule has 0 fully saturated rings. The van der Waals surface area contributed by atoms with Crippen molar-refractivity contribution < 1.29 is 60.8 Å². The molecule has 0 amide bonds. The fourth-order valence-electron chi connectivity index (χ4n) is 0.197. The molecule has 0 aliphatic rings. The first kappa shape index (κ1) is 36.1. The van der Waals surface area contributed by atoms with Crippen LogP contribution in [0.15, 0.2) is 0 Å². The van der Waals surface area contributed by atoms with E-state index < -0.39 is 18.1 Å². The van der Waals surface area contributed by atoms with E-state index in [1.165, 1.54) is 6.92 Å². The number of halogens is 1. The number of hydrogen-bond donors (Lipinski definition) is 2. The van der Waals surface area contributed by atoms with Crippen molar-refractivity contribution in [2.45, 2.75) is 19.1 Å². The van der Waals surface area contributed by atoms with Crippen molar-refractivity contribution in [2.24, 2.45) is 5.73 Å². The van der Waals surface area contributed by atoms with Gasteiger partial charge in [0.05, 0.1) is 18.1 Å². The van der Waals surface area contributed by atoms with Crippen molar-refractivity contribution in [3.05, 3.63) is 20.0 Å². The summed E-state index contributed by atoms with van der Waals surface area (Å²) in [6.07, 6.45) is -1.04. The van der Waals surface area contributed by atoms with E-state index in [0.717, 1.165) is 0 Å². The molecule has 0 aromatic heterocycles. The second kappa shape index (κ2) is 36.6. The maximum absolute atomic E-state index is 9.74. The Bertz CT molecular complexity index is 179. The molecule has 0 saturated carbocycles. The number of aliphatic hydroxyl groups excluding tert-OH is 1. The third-order valence-corrected chi connectivity index (χ3v) is 0.792. The molecule has 0 aliphatic heterocycles. The Balaban J connectivity index is -0.0000000272. The van der Waals surface area contributed by atoms with Crippen LogP contribution in [0.2, 0.25) is 0 Å². The number of carbonyl (C=O) groups excluding carboxylic acids is 1. The molecule has 0 saturated heterocycles. The maximum Gasteiger partial charge on any atom is 2.00 e. The van der Waals surface area contributed by atoms with Crippen molar-refractivity contribution in [3.63, 3.8) is 0 Å². The zero-order valence-corrected chi connectivity index (χ0v) is 10.4. The Morgan fingerprint density at radius 3 is 1.44 bits per heavy atom. The maximum atomic E-state index is 9.74. The fourth-order valence-corrected chi connectivity index (χ4v) is 0.197. The summed E-state index contributed by atoms with van der Waals surface area (Å²) in [6, 6.07) is -1.27. The van der Waals surface area contributed by atoms with Crippen LogP contribution in [0.3, 0.4) is 0 Å². The van der Waals surface area contributed by atoms with Gasteiger partial charge in [0.25, 0.3) is 0 Å². The van der Waals surface area contributed by atoms with Crippen LogP contribution in [0.5, 0.6) is 0 Å². The predicted molar refractivity (Wildman–Crippen MR) is 36.5 cm³/mol. The van der Waals surface area contributed by atoms with Gasteiger partial charge in [-0.1, -0.05) is 0 Å². The average molecular weight is 339 g/mol. The summed E-state index contributed by atoms with van der Waals surface area (Å²) in [4.78, 5) is 9.74. The third kappa shape index (κ3) is 37.5. The zero-order valence-electron chi connectivity index (χ0n) is 7.95. The standard InChI is InChI=1S/C4H9NO3.3CO.ClH.Ru/c1-2(6)3(5)4(7)8;3*1-2;;/h2-3,6H,5H2,1H3,(H,7,8);;;;1H;/q;;;;;+2/p-2.